The molecule has 2 rings (SSSR count). The van der Waals surface area contributed by atoms with Crippen LogP contribution in [0.15, 0.2) is 24.3 Å². The molecule has 1 amide bonds. The summed E-state index contributed by atoms with van der Waals surface area (Å²) < 4.78 is 6.51. The molecule has 2 aromatic carbocycles. The summed E-state index contributed by atoms with van der Waals surface area (Å²) in [7, 11) is 0. The van der Waals surface area contributed by atoms with Gasteiger partial charge in [-0.1, -0.05) is 103 Å². The SMILES string of the molecule is CCCCCCC(Oc1ccc(C(C)(C)CC)cc1C(C)(C)CC)C(=O)Nc1cc(Cl)c(C)c(Cl)c1O. The molecule has 0 radical (unpaired) electrons. The van der Waals surface area contributed by atoms with E-state index in [9.17, 15) is 9.90 Å². The molecule has 0 bridgehead atoms. The summed E-state index contributed by atoms with van der Waals surface area (Å²) in [6.45, 7) is 17.2. The molecule has 0 saturated heterocycles. The summed E-state index contributed by atoms with van der Waals surface area (Å²) >= 11 is 12.5. The Morgan fingerprint density at radius 1 is 1.00 bits per heavy atom. The van der Waals surface area contributed by atoms with E-state index >= 15 is 0 Å². The lowest BCUT2D eigenvalue weighted by Crippen LogP contribution is -2.34. The zero-order valence-corrected chi connectivity index (χ0v) is 25.4. The molecule has 0 aliphatic heterocycles. The summed E-state index contributed by atoms with van der Waals surface area (Å²) in [6.07, 6.45) is 5.88. The second-order valence-electron chi connectivity index (χ2n) is 11.3. The van der Waals surface area contributed by atoms with E-state index in [-0.39, 0.29) is 33.2 Å². The van der Waals surface area contributed by atoms with Crippen molar-refractivity contribution < 1.29 is 14.6 Å². The van der Waals surface area contributed by atoms with Gasteiger partial charge in [-0.05, 0) is 66.7 Å². The quantitative estimate of drug-likeness (QED) is 0.193. The van der Waals surface area contributed by atoms with Crippen LogP contribution in [0.25, 0.3) is 0 Å². The van der Waals surface area contributed by atoms with Crippen molar-refractivity contribution in [2.24, 2.45) is 0 Å². The number of phenols is 1. The Morgan fingerprint density at radius 3 is 2.24 bits per heavy atom. The van der Waals surface area contributed by atoms with Crippen LogP contribution >= 0.6 is 23.2 Å². The second-order valence-corrected chi connectivity index (χ2v) is 12.1. The summed E-state index contributed by atoms with van der Waals surface area (Å²) in [5, 5.41) is 13.9. The molecule has 0 fully saturated rings. The standard InChI is InChI=1S/C31H45Cl2NO3/c1-9-12-13-14-15-26(29(36)34-24-19-23(32)20(4)27(33)28(24)35)37-25-17-16-21(30(5,6)10-2)18-22(25)31(7,8)11-3/h16-19,26,35H,9-15H2,1-8H3,(H,34,36). The minimum atomic E-state index is -0.730. The molecule has 1 unspecified atom stereocenters. The lowest BCUT2D eigenvalue weighted by atomic mass is 9.76. The predicted octanol–water partition coefficient (Wildman–Crippen LogP) is 9.74. The number of carbonyl (C=O) groups excluding carboxylic acids is 1. The Bertz CT molecular complexity index is 1080. The van der Waals surface area contributed by atoms with Crippen molar-refractivity contribution in [3.8, 4) is 11.5 Å². The minimum Gasteiger partial charge on any atom is -0.504 e. The van der Waals surface area contributed by atoms with Gasteiger partial charge in [0.25, 0.3) is 5.91 Å². The van der Waals surface area contributed by atoms with Crippen LogP contribution in [0.4, 0.5) is 5.69 Å². The monoisotopic (exact) mass is 549 g/mol. The van der Waals surface area contributed by atoms with Crippen LogP contribution < -0.4 is 10.1 Å². The van der Waals surface area contributed by atoms with Gasteiger partial charge in [0.2, 0.25) is 0 Å². The molecule has 0 aromatic heterocycles. The van der Waals surface area contributed by atoms with Crippen molar-refractivity contribution in [2.45, 2.75) is 117 Å². The first-order chi connectivity index (χ1) is 17.3. The van der Waals surface area contributed by atoms with E-state index in [0.29, 0.717) is 17.0 Å². The molecule has 2 aromatic rings. The first kappa shape index (κ1) is 31.3. The Kier molecular flexibility index (Phi) is 11.2. The van der Waals surface area contributed by atoms with E-state index in [1.165, 1.54) is 11.6 Å². The molecule has 0 aliphatic rings. The lowest BCUT2D eigenvalue weighted by molar-refractivity contribution is -0.123. The van der Waals surface area contributed by atoms with Crippen molar-refractivity contribution >= 4 is 34.8 Å². The number of rotatable bonds is 13. The number of ether oxygens (including phenoxy) is 1. The highest BCUT2D eigenvalue weighted by atomic mass is 35.5. The highest BCUT2D eigenvalue weighted by Crippen LogP contribution is 2.41. The molecular weight excluding hydrogens is 505 g/mol. The number of benzene rings is 2. The first-order valence-corrected chi connectivity index (χ1v) is 14.3. The number of amides is 1. The molecule has 206 valence electrons. The average molecular weight is 551 g/mol. The number of unbranched alkanes of at least 4 members (excludes halogenated alkanes) is 3. The molecule has 1 atom stereocenters. The van der Waals surface area contributed by atoms with Crippen molar-refractivity contribution in [1.29, 1.82) is 0 Å². The maximum atomic E-state index is 13.5. The molecule has 0 saturated carbocycles. The van der Waals surface area contributed by atoms with Gasteiger partial charge in [-0.25, -0.2) is 0 Å². The van der Waals surface area contributed by atoms with E-state index < -0.39 is 6.10 Å². The van der Waals surface area contributed by atoms with Crippen LogP contribution in [0.1, 0.15) is 110 Å². The number of aromatic hydroxyl groups is 1. The Morgan fingerprint density at radius 2 is 1.65 bits per heavy atom. The molecular formula is C31H45Cl2NO3. The Labute approximate surface area is 234 Å². The van der Waals surface area contributed by atoms with Crippen LogP contribution in [0.2, 0.25) is 10.0 Å². The number of hydrogen-bond donors (Lipinski definition) is 2. The Balaban J connectivity index is 2.46. The van der Waals surface area contributed by atoms with Crippen molar-refractivity contribution in [3.05, 3.63) is 51.0 Å². The van der Waals surface area contributed by atoms with Gasteiger partial charge in [0.05, 0.1) is 10.7 Å². The van der Waals surface area contributed by atoms with E-state index in [0.717, 1.165) is 49.8 Å². The van der Waals surface area contributed by atoms with Gasteiger partial charge in [0.15, 0.2) is 11.9 Å². The van der Waals surface area contributed by atoms with E-state index in [2.05, 4.69) is 65.9 Å². The van der Waals surface area contributed by atoms with Crippen LogP contribution in [-0.4, -0.2) is 17.1 Å². The number of carbonyl (C=O) groups is 1. The molecule has 0 spiro atoms. The molecule has 6 heteroatoms. The first-order valence-electron chi connectivity index (χ1n) is 13.6. The number of nitrogens with one attached hydrogen (secondary N) is 1. The maximum Gasteiger partial charge on any atom is 0.265 e. The molecule has 4 nitrogen and oxygen atoms in total. The van der Waals surface area contributed by atoms with Crippen LogP contribution in [-0.2, 0) is 15.6 Å². The van der Waals surface area contributed by atoms with Gasteiger partial charge >= 0.3 is 0 Å². The fraction of sp³-hybridized carbons (Fsp3) is 0.581. The molecule has 0 aliphatic carbocycles. The highest BCUT2D eigenvalue weighted by Gasteiger charge is 2.29. The number of phenolic OH excluding ortho intramolecular Hbond substituents is 1. The number of hydrogen-bond acceptors (Lipinski definition) is 3. The topological polar surface area (TPSA) is 58.6 Å². The zero-order chi connectivity index (χ0) is 28.0. The number of halogens is 2. The van der Waals surface area contributed by atoms with Crippen molar-refractivity contribution in [1.82, 2.24) is 0 Å². The maximum absolute atomic E-state index is 13.5. The second kappa shape index (κ2) is 13.2. The third-order valence-electron chi connectivity index (χ3n) is 7.82. The van der Waals surface area contributed by atoms with Crippen molar-refractivity contribution in [2.75, 3.05) is 5.32 Å². The van der Waals surface area contributed by atoms with Gasteiger partial charge in [-0.3, -0.25) is 4.79 Å². The summed E-state index contributed by atoms with van der Waals surface area (Å²) in [4.78, 5) is 13.5. The summed E-state index contributed by atoms with van der Waals surface area (Å²) in [6, 6.07) is 7.91. The van der Waals surface area contributed by atoms with E-state index in [1.807, 2.05) is 6.07 Å². The molecule has 0 heterocycles. The minimum absolute atomic E-state index is 0.0372. The smallest absolute Gasteiger partial charge is 0.265 e. The predicted molar refractivity (Wildman–Crippen MR) is 158 cm³/mol. The van der Waals surface area contributed by atoms with Crippen LogP contribution in [0, 0.1) is 6.92 Å². The lowest BCUT2D eigenvalue weighted by Gasteiger charge is -2.31. The fourth-order valence-electron chi connectivity index (χ4n) is 4.14. The average Bonchev–Trinajstić information content (AvgIpc) is 2.87. The van der Waals surface area contributed by atoms with Gasteiger partial charge in [-0.15, -0.1) is 0 Å². The molecule has 37 heavy (non-hydrogen) atoms. The highest BCUT2D eigenvalue weighted by molar-refractivity contribution is 6.37. The third-order valence-corrected chi connectivity index (χ3v) is 8.67. The van der Waals surface area contributed by atoms with Gasteiger partial charge in [-0.2, -0.15) is 0 Å². The van der Waals surface area contributed by atoms with Gasteiger partial charge in [0.1, 0.15) is 5.75 Å². The van der Waals surface area contributed by atoms with Gasteiger partial charge < -0.3 is 15.2 Å². The van der Waals surface area contributed by atoms with E-state index in [4.69, 9.17) is 27.9 Å². The van der Waals surface area contributed by atoms with Crippen LogP contribution in [0.5, 0.6) is 11.5 Å². The Hall–Kier alpha value is -1.91. The van der Waals surface area contributed by atoms with Crippen LogP contribution in [0.3, 0.4) is 0 Å². The van der Waals surface area contributed by atoms with Crippen molar-refractivity contribution in [3.63, 3.8) is 0 Å². The zero-order valence-electron chi connectivity index (χ0n) is 23.9. The fourth-order valence-corrected chi connectivity index (χ4v) is 4.60. The summed E-state index contributed by atoms with van der Waals surface area (Å²) in [5.74, 6) is 0.198. The molecule has 2 N–H and O–H groups in total. The summed E-state index contributed by atoms with van der Waals surface area (Å²) in [5.41, 5.74) is 3.01. The third kappa shape index (κ3) is 7.80. The normalized spacial score (nSPS) is 12.9. The number of anilines is 1. The largest absolute Gasteiger partial charge is 0.504 e. The van der Waals surface area contributed by atoms with Gasteiger partial charge in [0, 0.05) is 10.6 Å². The van der Waals surface area contributed by atoms with E-state index in [1.54, 1.807) is 6.92 Å².